The number of hydrogen-bond acceptors (Lipinski definition) is 2. The van der Waals surface area contributed by atoms with Crippen molar-refractivity contribution in [2.24, 2.45) is 0 Å². The maximum atomic E-state index is 9.40. The highest BCUT2D eigenvalue weighted by molar-refractivity contribution is 5.62. The second-order valence-corrected chi connectivity index (χ2v) is 4.00. The number of aromatic hydroxyl groups is 1. The number of benzene rings is 1. The van der Waals surface area contributed by atoms with Gasteiger partial charge >= 0.3 is 0 Å². The van der Waals surface area contributed by atoms with E-state index in [1.807, 2.05) is 12.1 Å². The van der Waals surface area contributed by atoms with Gasteiger partial charge in [0.05, 0.1) is 0 Å². The van der Waals surface area contributed by atoms with Crippen molar-refractivity contribution >= 4 is 5.69 Å². The summed E-state index contributed by atoms with van der Waals surface area (Å²) in [5.41, 5.74) is 2.60. The molecule has 0 spiro atoms. The summed E-state index contributed by atoms with van der Waals surface area (Å²) < 4.78 is 0. The van der Waals surface area contributed by atoms with Gasteiger partial charge < -0.3 is 10.4 Å². The first kappa shape index (κ1) is 8.42. The van der Waals surface area contributed by atoms with E-state index in [-0.39, 0.29) is 5.41 Å². The van der Waals surface area contributed by atoms with E-state index in [4.69, 9.17) is 0 Å². The maximum Gasteiger partial charge on any atom is 0.116 e. The average Bonchev–Trinajstić information content (AvgIpc) is 2.45. The number of anilines is 1. The van der Waals surface area contributed by atoms with Crippen molar-refractivity contribution in [2.75, 3.05) is 11.9 Å². The van der Waals surface area contributed by atoms with Crippen LogP contribution in [0.4, 0.5) is 5.69 Å². The van der Waals surface area contributed by atoms with E-state index in [1.165, 1.54) is 11.3 Å². The topological polar surface area (TPSA) is 32.3 Å². The van der Waals surface area contributed by atoms with Gasteiger partial charge in [0, 0.05) is 17.6 Å². The summed E-state index contributed by atoms with van der Waals surface area (Å²) in [5.74, 6) is 0.363. The third-order valence-electron chi connectivity index (χ3n) is 3.10. The molecule has 0 amide bonds. The molecule has 0 radical (unpaired) electrons. The lowest BCUT2D eigenvalue weighted by Crippen LogP contribution is -2.22. The van der Waals surface area contributed by atoms with E-state index >= 15 is 0 Å². The highest BCUT2D eigenvalue weighted by Crippen LogP contribution is 2.40. The number of phenols is 1. The van der Waals surface area contributed by atoms with Crippen molar-refractivity contribution in [1.29, 1.82) is 0 Å². The van der Waals surface area contributed by atoms with Crippen molar-refractivity contribution in [3.05, 3.63) is 23.8 Å². The summed E-state index contributed by atoms with van der Waals surface area (Å²) in [4.78, 5) is 0. The smallest absolute Gasteiger partial charge is 0.116 e. The Balaban J connectivity index is 2.52. The molecule has 1 aromatic rings. The Morgan fingerprint density at radius 3 is 3.00 bits per heavy atom. The number of hydrogen-bond donors (Lipinski definition) is 2. The molecule has 0 bridgehead atoms. The molecule has 2 rings (SSSR count). The summed E-state index contributed by atoms with van der Waals surface area (Å²) in [5, 5.41) is 12.8. The second-order valence-electron chi connectivity index (χ2n) is 4.00. The molecular weight excluding hydrogens is 162 g/mol. The highest BCUT2D eigenvalue weighted by Gasteiger charge is 2.32. The van der Waals surface area contributed by atoms with Gasteiger partial charge in [-0.15, -0.1) is 0 Å². The predicted octanol–water partition coefficient (Wildman–Crippen LogP) is 2.49. The van der Waals surface area contributed by atoms with Crippen molar-refractivity contribution in [2.45, 2.75) is 25.7 Å². The maximum absolute atomic E-state index is 9.40. The van der Waals surface area contributed by atoms with Crippen LogP contribution in [0.15, 0.2) is 18.2 Å². The molecule has 1 aromatic carbocycles. The zero-order valence-corrected chi connectivity index (χ0v) is 8.09. The van der Waals surface area contributed by atoms with Gasteiger partial charge in [0.25, 0.3) is 0 Å². The Morgan fingerprint density at radius 1 is 1.54 bits per heavy atom. The van der Waals surface area contributed by atoms with Gasteiger partial charge in [-0.3, -0.25) is 0 Å². The van der Waals surface area contributed by atoms with Gasteiger partial charge in [-0.05, 0) is 30.2 Å². The highest BCUT2D eigenvalue weighted by atomic mass is 16.3. The van der Waals surface area contributed by atoms with E-state index in [0.29, 0.717) is 5.75 Å². The monoisotopic (exact) mass is 177 g/mol. The Morgan fingerprint density at radius 2 is 2.31 bits per heavy atom. The summed E-state index contributed by atoms with van der Waals surface area (Å²) in [7, 11) is 0. The van der Waals surface area contributed by atoms with Gasteiger partial charge in [-0.2, -0.15) is 0 Å². The van der Waals surface area contributed by atoms with E-state index in [9.17, 15) is 5.11 Å². The number of nitrogens with one attached hydrogen (secondary N) is 1. The molecule has 0 saturated heterocycles. The lowest BCUT2D eigenvalue weighted by Gasteiger charge is -2.21. The molecular formula is C11H15NO. The molecule has 1 aliphatic heterocycles. The van der Waals surface area contributed by atoms with E-state index in [2.05, 4.69) is 19.2 Å². The number of fused-ring (bicyclic) bond motifs is 1. The third-order valence-corrected chi connectivity index (χ3v) is 3.10. The van der Waals surface area contributed by atoms with Crippen molar-refractivity contribution in [1.82, 2.24) is 0 Å². The first-order valence-corrected chi connectivity index (χ1v) is 4.73. The molecule has 1 atom stereocenters. The standard InChI is InChI=1S/C11H15NO/c1-3-11(2)7-12-10-5-4-8(13)6-9(10)11/h4-6,12-13H,3,7H2,1-2H3. The van der Waals surface area contributed by atoms with Crippen LogP contribution in [0.25, 0.3) is 0 Å². The summed E-state index contributed by atoms with van der Waals surface area (Å²) >= 11 is 0. The summed E-state index contributed by atoms with van der Waals surface area (Å²) in [6.07, 6.45) is 1.09. The fourth-order valence-electron chi connectivity index (χ4n) is 1.89. The molecule has 1 aliphatic rings. The first-order valence-electron chi connectivity index (χ1n) is 4.73. The minimum atomic E-state index is 0.189. The van der Waals surface area contributed by atoms with Crippen molar-refractivity contribution in [3.63, 3.8) is 0 Å². The Bertz CT molecular complexity index is 335. The molecule has 70 valence electrons. The second kappa shape index (κ2) is 2.66. The van der Waals surface area contributed by atoms with E-state index < -0.39 is 0 Å². The zero-order chi connectivity index (χ0) is 9.47. The van der Waals surface area contributed by atoms with Crippen LogP contribution in [0.2, 0.25) is 0 Å². The fraction of sp³-hybridized carbons (Fsp3) is 0.455. The van der Waals surface area contributed by atoms with Crippen LogP contribution in [0, 0.1) is 0 Å². The largest absolute Gasteiger partial charge is 0.508 e. The molecule has 0 aliphatic carbocycles. The van der Waals surface area contributed by atoms with E-state index in [1.54, 1.807) is 6.07 Å². The van der Waals surface area contributed by atoms with Gasteiger partial charge in [-0.1, -0.05) is 13.8 Å². The lowest BCUT2D eigenvalue weighted by molar-refractivity contribution is 0.466. The molecule has 0 saturated carbocycles. The molecule has 1 heterocycles. The minimum Gasteiger partial charge on any atom is -0.508 e. The quantitative estimate of drug-likeness (QED) is 0.646. The van der Waals surface area contributed by atoms with Gasteiger partial charge in [0.2, 0.25) is 0 Å². The molecule has 2 N–H and O–H groups in total. The molecule has 1 unspecified atom stereocenters. The van der Waals surface area contributed by atoms with Gasteiger partial charge in [-0.25, -0.2) is 0 Å². The van der Waals surface area contributed by atoms with Crippen LogP contribution in [0.3, 0.4) is 0 Å². The minimum absolute atomic E-state index is 0.189. The van der Waals surface area contributed by atoms with Crippen LogP contribution in [-0.4, -0.2) is 11.7 Å². The molecule has 0 aromatic heterocycles. The van der Waals surface area contributed by atoms with Crippen LogP contribution in [0.5, 0.6) is 5.75 Å². The fourth-order valence-corrected chi connectivity index (χ4v) is 1.89. The average molecular weight is 177 g/mol. The predicted molar refractivity (Wildman–Crippen MR) is 54.2 cm³/mol. The van der Waals surface area contributed by atoms with Crippen LogP contribution in [-0.2, 0) is 5.41 Å². The number of rotatable bonds is 1. The van der Waals surface area contributed by atoms with Crippen LogP contribution < -0.4 is 5.32 Å². The van der Waals surface area contributed by atoms with Crippen molar-refractivity contribution < 1.29 is 5.11 Å². The van der Waals surface area contributed by atoms with Gasteiger partial charge in [0.15, 0.2) is 0 Å². The summed E-state index contributed by atoms with van der Waals surface area (Å²) in [6.45, 7) is 5.38. The summed E-state index contributed by atoms with van der Waals surface area (Å²) in [6, 6.07) is 5.55. The Labute approximate surface area is 78.6 Å². The zero-order valence-electron chi connectivity index (χ0n) is 8.09. The van der Waals surface area contributed by atoms with Crippen molar-refractivity contribution in [3.8, 4) is 5.75 Å². The molecule has 0 fully saturated rings. The molecule has 13 heavy (non-hydrogen) atoms. The normalized spacial score (nSPS) is 25.4. The molecule has 2 nitrogen and oxygen atoms in total. The SMILES string of the molecule is CCC1(C)CNc2ccc(O)cc21. The Kier molecular flexibility index (Phi) is 1.72. The first-order chi connectivity index (χ1) is 6.15. The van der Waals surface area contributed by atoms with E-state index in [0.717, 1.165) is 13.0 Å². The third kappa shape index (κ3) is 1.17. The molecule has 2 heteroatoms. The Hall–Kier alpha value is -1.18. The lowest BCUT2D eigenvalue weighted by atomic mass is 9.82. The van der Waals surface area contributed by atoms with Gasteiger partial charge in [0.1, 0.15) is 5.75 Å². The number of phenolic OH excluding ortho intramolecular Hbond substituents is 1. The van der Waals surface area contributed by atoms with Crippen LogP contribution in [0.1, 0.15) is 25.8 Å². The van der Waals surface area contributed by atoms with Crippen LogP contribution >= 0.6 is 0 Å².